The molecule has 2 aliphatic rings. The van der Waals surface area contributed by atoms with Crippen LogP contribution < -0.4 is 14.5 Å². The molecule has 0 N–H and O–H groups in total. The Labute approximate surface area is 198 Å². The van der Waals surface area contributed by atoms with Crippen LogP contribution in [0, 0.1) is 6.92 Å². The molecule has 0 aliphatic carbocycles. The van der Waals surface area contributed by atoms with E-state index in [4.69, 9.17) is 4.74 Å². The van der Waals surface area contributed by atoms with Crippen LogP contribution in [0.4, 0.5) is 16.4 Å². The lowest BCUT2D eigenvalue weighted by Gasteiger charge is -2.41. The summed E-state index contributed by atoms with van der Waals surface area (Å²) in [5.41, 5.74) is 1.63. The van der Waals surface area contributed by atoms with Crippen molar-refractivity contribution in [3.8, 4) is 5.88 Å². The zero-order chi connectivity index (χ0) is 23.7. The summed E-state index contributed by atoms with van der Waals surface area (Å²) in [4.78, 5) is 45.8. The summed E-state index contributed by atoms with van der Waals surface area (Å²) in [6.45, 7) is 4.02. The van der Waals surface area contributed by atoms with Gasteiger partial charge < -0.3 is 4.74 Å². The fraction of sp³-hybridized carbons (Fsp3) is 0.320. The zero-order valence-electron chi connectivity index (χ0n) is 19.2. The molecular formula is C25H26N6O3. The topological polar surface area (TPSA) is 91.8 Å². The monoisotopic (exact) mass is 458 g/mol. The molecule has 9 heteroatoms. The van der Waals surface area contributed by atoms with Gasteiger partial charge in [-0.2, -0.15) is 4.98 Å². The summed E-state index contributed by atoms with van der Waals surface area (Å²) in [6.07, 6.45) is 4.27. The fourth-order valence-corrected chi connectivity index (χ4v) is 4.72. The van der Waals surface area contributed by atoms with Gasteiger partial charge in [0.25, 0.3) is 5.91 Å². The third-order valence-corrected chi connectivity index (χ3v) is 6.63. The zero-order valence-corrected chi connectivity index (χ0v) is 19.2. The van der Waals surface area contributed by atoms with Gasteiger partial charge in [0.2, 0.25) is 11.8 Å². The lowest BCUT2D eigenvalue weighted by atomic mass is 9.85. The molecule has 2 saturated heterocycles. The maximum Gasteiger partial charge on any atom is 0.339 e. The number of para-hydroxylation sites is 1. The number of ether oxygens (including phenoxy) is 1. The third kappa shape index (κ3) is 3.67. The molecule has 2 aliphatic heterocycles. The van der Waals surface area contributed by atoms with Crippen LogP contribution in [0.2, 0.25) is 0 Å². The maximum absolute atomic E-state index is 13.9. The van der Waals surface area contributed by atoms with Crippen LogP contribution in [-0.4, -0.2) is 57.5 Å². The van der Waals surface area contributed by atoms with Crippen molar-refractivity contribution >= 4 is 23.6 Å². The maximum atomic E-state index is 13.9. The van der Waals surface area contributed by atoms with Gasteiger partial charge in [0.15, 0.2) is 0 Å². The number of hydrogen-bond donors (Lipinski definition) is 0. The number of urea groups is 1. The second kappa shape index (κ2) is 8.83. The average Bonchev–Trinajstić information content (AvgIpc) is 3.08. The molecule has 3 amide bonds. The van der Waals surface area contributed by atoms with Gasteiger partial charge in [0.05, 0.1) is 18.5 Å². The molecular weight excluding hydrogens is 432 g/mol. The summed E-state index contributed by atoms with van der Waals surface area (Å²) in [6, 6.07) is 14.1. The Morgan fingerprint density at radius 1 is 0.971 bits per heavy atom. The van der Waals surface area contributed by atoms with Gasteiger partial charge in [0.1, 0.15) is 5.54 Å². The van der Waals surface area contributed by atoms with Crippen molar-refractivity contribution in [3.05, 3.63) is 72.2 Å². The van der Waals surface area contributed by atoms with Crippen LogP contribution in [0.3, 0.4) is 0 Å². The summed E-state index contributed by atoms with van der Waals surface area (Å²) in [7, 11) is 1.51. The molecule has 0 radical (unpaired) electrons. The largest absolute Gasteiger partial charge is 0.481 e. The van der Waals surface area contributed by atoms with E-state index >= 15 is 0 Å². The number of hydrogen-bond acceptors (Lipinski definition) is 7. The number of likely N-dealkylation sites (tertiary alicyclic amines) is 1. The summed E-state index contributed by atoms with van der Waals surface area (Å²) >= 11 is 0. The van der Waals surface area contributed by atoms with E-state index in [9.17, 15) is 9.59 Å². The number of benzene rings is 1. The Bertz CT molecular complexity index is 1210. The van der Waals surface area contributed by atoms with E-state index in [2.05, 4.69) is 19.9 Å². The van der Waals surface area contributed by atoms with Crippen LogP contribution in [0.1, 0.15) is 24.1 Å². The predicted molar refractivity (Wildman–Crippen MR) is 127 cm³/mol. The van der Waals surface area contributed by atoms with Gasteiger partial charge in [-0.25, -0.2) is 19.6 Å². The molecule has 34 heavy (non-hydrogen) atoms. The van der Waals surface area contributed by atoms with E-state index < -0.39 is 11.6 Å². The number of anilines is 2. The first-order valence-electron chi connectivity index (χ1n) is 11.3. The minimum atomic E-state index is -1.06. The summed E-state index contributed by atoms with van der Waals surface area (Å²) < 4.78 is 5.26. The molecule has 0 saturated carbocycles. The highest BCUT2D eigenvalue weighted by molar-refractivity contribution is 6.30. The number of methoxy groups -OCH3 is 1. The van der Waals surface area contributed by atoms with Crippen molar-refractivity contribution in [3.63, 3.8) is 0 Å². The molecule has 5 rings (SSSR count). The lowest BCUT2D eigenvalue weighted by molar-refractivity contribution is -0.123. The first kappa shape index (κ1) is 22.0. The Hall–Kier alpha value is -3.85. The quantitative estimate of drug-likeness (QED) is 0.542. The van der Waals surface area contributed by atoms with Crippen molar-refractivity contribution in [2.45, 2.75) is 31.8 Å². The van der Waals surface area contributed by atoms with Crippen LogP contribution in [-0.2, 0) is 11.3 Å². The smallest absolute Gasteiger partial charge is 0.339 e. The molecule has 2 aromatic heterocycles. The number of aromatic nitrogens is 3. The molecule has 4 heterocycles. The number of carbonyl (C=O) groups excluding carboxylic acids is 2. The Morgan fingerprint density at radius 2 is 1.74 bits per heavy atom. The molecule has 0 atom stereocenters. The Balaban J connectivity index is 1.48. The average molecular weight is 459 g/mol. The van der Waals surface area contributed by atoms with E-state index in [0.29, 0.717) is 44.0 Å². The fourth-order valence-electron chi connectivity index (χ4n) is 4.72. The summed E-state index contributed by atoms with van der Waals surface area (Å²) in [5.74, 6) is 0.260. The lowest BCUT2D eigenvalue weighted by Crippen LogP contribution is -2.57. The number of carbonyl (C=O) groups is 2. The van der Waals surface area contributed by atoms with Gasteiger partial charge in [-0.15, -0.1) is 0 Å². The van der Waals surface area contributed by atoms with E-state index in [0.717, 1.165) is 11.3 Å². The second-order valence-corrected chi connectivity index (χ2v) is 8.57. The van der Waals surface area contributed by atoms with E-state index in [1.807, 2.05) is 37.3 Å². The number of pyridine rings is 1. The molecule has 0 unspecified atom stereocenters. The standard InChI is InChI=1S/C25H26N6O3/c1-18-7-6-13-26-20(18)17-29-15-11-25(12-16-29)22(32)30(19-8-4-3-5-9-19)24(33)31(25)23-27-14-10-21(28-23)34-2/h3-10,13-14H,11-12,15-17H2,1-2H3. The van der Waals surface area contributed by atoms with Crippen LogP contribution >= 0.6 is 0 Å². The van der Waals surface area contributed by atoms with Crippen LogP contribution in [0.25, 0.3) is 0 Å². The molecule has 1 spiro atoms. The van der Waals surface area contributed by atoms with Crippen LogP contribution in [0.5, 0.6) is 5.88 Å². The minimum absolute atomic E-state index is 0.171. The van der Waals surface area contributed by atoms with Crippen molar-refractivity contribution in [2.75, 3.05) is 30.0 Å². The number of amides is 3. The SMILES string of the molecule is COc1ccnc(N2C(=O)N(c3ccccc3)C(=O)C23CCN(Cc2ncccc2C)CC3)n1. The number of nitrogens with zero attached hydrogens (tertiary/aromatic N) is 6. The van der Waals surface area contributed by atoms with Crippen molar-refractivity contribution < 1.29 is 14.3 Å². The van der Waals surface area contributed by atoms with Gasteiger partial charge in [-0.05, 0) is 43.5 Å². The van der Waals surface area contributed by atoms with Crippen molar-refractivity contribution in [2.24, 2.45) is 0 Å². The highest BCUT2D eigenvalue weighted by atomic mass is 16.5. The first-order valence-corrected chi connectivity index (χ1v) is 11.3. The number of aryl methyl sites for hydroxylation is 1. The van der Waals surface area contributed by atoms with Crippen molar-refractivity contribution in [1.82, 2.24) is 19.9 Å². The van der Waals surface area contributed by atoms with Gasteiger partial charge in [-0.1, -0.05) is 24.3 Å². The third-order valence-electron chi connectivity index (χ3n) is 6.63. The second-order valence-electron chi connectivity index (χ2n) is 8.57. The number of imide groups is 1. The minimum Gasteiger partial charge on any atom is -0.481 e. The summed E-state index contributed by atoms with van der Waals surface area (Å²) in [5, 5.41) is 0. The van der Waals surface area contributed by atoms with Crippen LogP contribution in [0.15, 0.2) is 60.9 Å². The van der Waals surface area contributed by atoms with Gasteiger partial charge in [0, 0.05) is 38.1 Å². The molecule has 9 nitrogen and oxygen atoms in total. The Kier molecular flexibility index (Phi) is 5.70. The van der Waals surface area contributed by atoms with E-state index in [-0.39, 0.29) is 11.9 Å². The highest BCUT2D eigenvalue weighted by Crippen LogP contribution is 2.41. The molecule has 3 aromatic rings. The van der Waals surface area contributed by atoms with E-state index in [1.54, 1.807) is 24.4 Å². The van der Waals surface area contributed by atoms with E-state index in [1.165, 1.54) is 23.1 Å². The molecule has 174 valence electrons. The normalized spacial score (nSPS) is 18.1. The molecule has 1 aromatic carbocycles. The van der Waals surface area contributed by atoms with Crippen molar-refractivity contribution in [1.29, 1.82) is 0 Å². The molecule has 0 bridgehead atoms. The highest BCUT2D eigenvalue weighted by Gasteiger charge is 2.60. The number of rotatable bonds is 5. The Morgan fingerprint density at radius 3 is 2.44 bits per heavy atom. The number of piperidine rings is 1. The van der Waals surface area contributed by atoms with Gasteiger partial charge in [-0.3, -0.25) is 14.7 Å². The molecule has 2 fully saturated rings. The van der Waals surface area contributed by atoms with Gasteiger partial charge >= 0.3 is 6.03 Å². The first-order chi connectivity index (χ1) is 16.5. The predicted octanol–water partition coefficient (Wildman–Crippen LogP) is 3.20.